The Kier molecular flexibility index (Phi) is 4.81. The molecule has 0 aliphatic carbocycles. The molecule has 74 valence electrons. The lowest BCUT2D eigenvalue weighted by molar-refractivity contribution is 0.206. The average Bonchev–Trinajstić information content (AvgIpc) is 2.13. The zero-order valence-electron chi connectivity index (χ0n) is 8.21. The highest BCUT2D eigenvalue weighted by Crippen LogP contribution is 2.09. The Morgan fingerprint density at radius 2 is 2.31 bits per heavy atom. The monoisotopic (exact) mass is 181 g/mol. The molecule has 0 unspecified atom stereocenters. The summed E-state index contributed by atoms with van der Waals surface area (Å²) in [5.41, 5.74) is 5.86. The fourth-order valence-corrected chi connectivity index (χ4v) is 1.83. The molecule has 13 heavy (non-hydrogen) atoms. The number of unbranched alkanes of at least 4 members (excludes halogenated alkanes) is 2. The van der Waals surface area contributed by atoms with Gasteiger partial charge in [-0.1, -0.05) is 0 Å². The van der Waals surface area contributed by atoms with Crippen LogP contribution < -0.4 is 5.73 Å². The minimum absolute atomic E-state index is 0.379. The second kappa shape index (κ2) is 5.95. The summed E-state index contributed by atoms with van der Waals surface area (Å²) in [4.78, 5) is 2.42. The number of hydrogen-bond donors (Lipinski definition) is 1. The molecule has 0 spiro atoms. The van der Waals surface area contributed by atoms with Gasteiger partial charge >= 0.3 is 0 Å². The summed E-state index contributed by atoms with van der Waals surface area (Å²) >= 11 is 0. The van der Waals surface area contributed by atoms with E-state index in [4.69, 9.17) is 11.0 Å². The number of piperidine rings is 1. The van der Waals surface area contributed by atoms with E-state index in [1.807, 2.05) is 0 Å². The van der Waals surface area contributed by atoms with Crippen molar-refractivity contribution in [1.82, 2.24) is 4.90 Å². The molecule has 3 heteroatoms. The van der Waals surface area contributed by atoms with Gasteiger partial charge in [-0.25, -0.2) is 0 Å². The van der Waals surface area contributed by atoms with E-state index in [0.717, 1.165) is 25.9 Å². The summed E-state index contributed by atoms with van der Waals surface area (Å²) in [7, 11) is 0. The molecule has 1 saturated heterocycles. The van der Waals surface area contributed by atoms with E-state index in [-0.39, 0.29) is 0 Å². The smallest absolute Gasteiger partial charge is 0.0621 e. The maximum atomic E-state index is 8.36. The molecular weight excluding hydrogens is 162 g/mol. The Balaban J connectivity index is 2.04. The summed E-state index contributed by atoms with van der Waals surface area (Å²) in [6.45, 7) is 3.36. The molecule has 0 aromatic rings. The third-order valence-corrected chi connectivity index (χ3v) is 2.55. The van der Waals surface area contributed by atoms with Gasteiger partial charge in [-0.2, -0.15) is 5.26 Å². The first-order valence-corrected chi connectivity index (χ1v) is 5.18. The molecule has 0 aromatic heterocycles. The highest BCUT2D eigenvalue weighted by atomic mass is 15.1. The van der Waals surface area contributed by atoms with Crippen molar-refractivity contribution in [3.8, 4) is 6.07 Å². The summed E-state index contributed by atoms with van der Waals surface area (Å²) < 4.78 is 0. The molecule has 3 nitrogen and oxygen atoms in total. The number of nitriles is 1. The van der Waals surface area contributed by atoms with Crippen LogP contribution in [-0.2, 0) is 0 Å². The minimum Gasteiger partial charge on any atom is -0.327 e. The van der Waals surface area contributed by atoms with E-state index in [0.29, 0.717) is 12.5 Å². The molecule has 0 radical (unpaired) electrons. The number of nitrogens with two attached hydrogens (primary N) is 1. The highest BCUT2D eigenvalue weighted by Gasteiger charge is 2.15. The van der Waals surface area contributed by atoms with Gasteiger partial charge in [0.15, 0.2) is 0 Å². The Hall–Kier alpha value is -0.590. The van der Waals surface area contributed by atoms with E-state index >= 15 is 0 Å². The second-order valence-electron chi connectivity index (χ2n) is 3.82. The molecular formula is C10H19N3. The molecule has 1 fully saturated rings. The van der Waals surface area contributed by atoms with Gasteiger partial charge < -0.3 is 10.6 Å². The normalized spacial score (nSPS) is 24.2. The van der Waals surface area contributed by atoms with Crippen molar-refractivity contribution in [3.63, 3.8) is 0 Å². The molecule has 1 rings (SSSR count). The molecule has 1 aliphatic heterocycles. The van der Waals surface area contributed by atoms with Crippen LogP contribution in [0.3, 0.4) is 0 Å². The predicted octanol–water partition coefficient (Wildman–Crippen LogP) is 1.10. The number of nitrogens with zero attached hydrogens (tertiary/aromatic N) is 2. The van der Waals surface area contributed by atoms with Crippen molar-refractivity contribution in [2.45, 2.75) is 38.1 Å². The largest absolute Gasteiger partial charge is 0.327 e. The standard InChI is InChI=1S/C10H19N3/c11-6-2-1-3-7-13-8-4-5-10(12)9-13/h10H,1-5,7-9,12H2/t10-/m1/s1. The van der Waals surface area contributed by atoms with Gasteiger partial charge in [-0.15, -0.1) is 0 Å². The van der Waals surface area contributed by atoms with E-state index in [1.165, 1.54) is 19.4 Å². The lowest BCUT2D eigenvalue weighted by Gasteiger charge is -2.30. The van der Waals surface area contributed by atoms with Crippen LogP contribution >= 0.6 is 0 Å². The van der Waals surface area contributed by atoms with Crippen molar-refractivity contribution in [3.05, 3.63) is 0 Å². The topological polar surface area (TPSA) is 53.0 Å². The number of rotatable bonds is 4. The quantitative estimate of drug-likeness (QED) is 0.661. The lowest BCUT2D eigenvalue weighted by Crippen LogP contribution is -2.43. The van der Waals surface area contributed by atoms with Crippen LogP contribution in [0.25, 0.3) is 0 Å². The Bertz CT molecular complexity index is 173. The van der Waals surface area contributed by atoms with E-state index in [2.05, 4.69) is 11.0 Å². The fraction of sp³-hybridized carbons (Fsp3) is 0.900. The Labute approximate surface area is 80.5 Å². The van der Waals surface area contributed by atoms with Crippen LogP contribution in [0.1, 0.15) is 32.1 Å². The van der Waals surface area contributed by atoms with Crippen LogP contribution in [-0.4, -0.2) is 30.6 Å². The van der Waals surface area contributed by atoms with Crippen LogP contribution in [0.4, 0.5) is 0 Å². The maximum Gasteiger partial charge on any atom is 0.0621 e. The summed E-state index contributed by atoms with van der Waals surface area (Å²) in [6.07, 6.45) is 5.27. The van der Waals surface area contributed by atoms with Gasteiger partial charge in [0, 0.05) is 19.0 Å². The average molecular weight is 181 g/mol. The SMILES string of the molecule is N#CCCCCN1CCC[C@@H](N)C1. The molecule has 0 aromatic carbocycles. The van der Waals surface area contributed by atoms with Crippen LogP contribution in [0.5, 0.6) is 0 Å². The predicted molar refractivity (Wildman–Crippen MR) is 53.1 cm³/mol. The summed E-state index contributed by atoms with van der Waals surface area (Å²) in [5.74, 6) is 0. The van der Waals surface area contributed by atoms with Crippen molar-refractivity contribution in [2.24, 2.45) is 5.73 Å². The minimum atomic E-state index is 0.379. The molecule has 0 amide bonds. The van der Waals surface area contributed by atoms with Gasteiger partial charge in [0.2, 0.25) is 0 Å². The summed E-state index contributed by atoms with van der Waals surface area (Å²) in [6, 6.07) is 2.55. The third-order valence-electron chi connectivity index (χ3n) is 2.55. The van der Waals surface area contributed by atoms with Gasteiger partial charge in [-0.3, -0.25) is 0 Å². The van der Waals surface area contributed by atoms with Crippen molar-refractivity contribution >= 4 is 0 Å². The second-order valence-corrected chi connectivity index (χ2v) is 3.82. The Morgan fingerprint density at radius 1 is 1.46 bits per heavy atom. The molecule has 1 atom stereocenters. The van der Waals surface area contributed by atoms with E-state index < -0.39 is 0 Å². The van der Waals surface area contributed by atoms with E-state index in [1.54, 1.807) is 0 Å². The molecule has 0 saturated carbocycles. The zero-order chi connectivity index (χ0) is 9.52. The van der Waals surface area contributed by atoms with Gasteiger partial charge in [-0.05, 0) is 38.8 Å². The third kappa shape index (κ3) is 4.25. The fourth-order valence-electron chi connectivity index (χ4n) is 1.83. The summed E-state index contributed by atoms with van der Waals surface area (Å²) in [5, 5.41) is 8.36. The molecule has 0 bridgehead atoms. The van der Waals surface area contributed by atoms with Gasteiger partial charge in [0.1, 0.15) is 0 Å². The van der Waals surface area contributed by atoms with Gasteiger partial charge in [0.25, 0.3) is 0 Å². The first-order chi connectivity index (χ1) is 6.33. The molecule has 1 aliphatic rings. The van der Waals surface area contributed by atoms with Gasteiger partial charge in [0.05, 0.1) is 6.07 Å². The first-order valence-electron chi connectivity index (χ1n) is 5.18. The van der Waals surface area contributed by atoms with Crippen LogP contribution in [0, 0.1) is 11.3 Å². The molecule has 1 heterocycles. The maximum absolute atomic E-state index is 8.36. The molecule has 2 N–H and O–H groups in total. The van der Waals surface area contributed by atoms with Crippen LogP contribution in [0.15, 0.2) is 0 Å². The first kappa shape index (κ1) is 10.5. The van der Waals surface area contributed by atoms with E-state index in [9.17, 15) is 0 Å². The number of likely N-dealkylation sites (tertiary alicyclic amines) is 1. The Morgan fingerprint density at radius 3 is 3.00 bits per heavy atom. The van der Waals surface area contributed by atoms with Crippen molar-refractivity contribution < 1.29 is 0 Å². The van der Waals surface area contributed by atoms with Crippen molar-refractivity contribution in [2.75, 3.05) is 19.6 Å². The number of hydrogen-bond acceptors (Lipinski definition) is 3. The van der Waals surface area contributed by atoms with Crippen LogP contribution in [0.2, 0.25) is 0 Å². The van der Waals surface area contributed by atoms with Crippen molar-refractivity contribution in [1.29, 1.82) is 5.26 Å². The zero-order valence-corrected chi connectivity index (χ0v) is 8.21. The lowest BCUT2D eigenvalue weighted by atomic mass is 10.1. The highest BCUT2D eigenvalue weighted by molar-refractivity contribution is 4.75.